The van der Waals surface area contributed by atoms with Gasteiger partial charge in [-0.1, -0.05) is 35.9 Å². The van der Waals surface area contributed by atoms with Gasteiger partial charge in [0.25, 0.3) is 5.91 Å². The summed E-state index contributed by atoms with van der Waals surface area (Å²) in [6, 6.07) is 18.6. The molecule has 0 aliphatic rings. The van der Waals surface area contributed by atoms with Crippen molar-refractivity contribution in [3.05, 3.63) is 80.4 Å². The van der Waals surface area contributed by atoms with Gasteiger partial charge in [0.2, 0.25) is 0 Å². The lowest BCUT2D eigenvalue weighted by molar-refractivity contribution is -0.118. The number of benzene rings is 3. The van der Waals surface area contributed by atoms with Gasteiger partial charge in [-0.05, 0) is 84.0 Å². The Kier molecular flexibility index (Phi) is 8.31. The Morgan fingerprint density at radius 2 is 1.90 bits per heavy atom. The molecule has 0 aliphatic heterocycles. The molecule has 0 spiro atoms. The number of anilines is 1. The second kappa shape index (κ2) is 11.2. The zero-order valence-electron chi connectivity index (χ0n) is 17.2. The van der Waals surface area contributed by atoms with Crippen molar-refractivity contribution in [3.63, 3.8) is 0 Å². The van der Waals surface area contributed by atoms with E-state index in [-0.39, 0.29) is 12.5 Å². The van der Waals surface area contributed by atoms with Crippen LogP contribution < -0.4 is 14.8 Å². The average Bonchev–Trinajstić information content (AvgIpc) is 2.74. The van der Waals surface area contributed by atoms with Gasteiger partial charge in [0.05, 0.1) is 15.9 Å². The number of aryl methyl sites for hydroxylation is 1. The highest BCUT2D eigenvalue weighted by Gasteiger charge is 2.14. The van der Waals surface area contributed by atoms with Crippen molar-refractivity contribution in [2.75, 3.05) is 18.5 Å². The standard InChI is InChI=1S/C24H22ClIN2O3/c1-3-30-22-12-17(14-27-21-13-18(25)10-9-16(21)2)11-20(26)24(22)31-15-23(29)28-19-7-5-4-6-8-19/h4-14H,3,15H2,1-2H3,(H,28,29). The molecule has 3 rings (SSSR count). The van der Waals surface area contributed by atoms with Crippen LogP contribution in [-0.2, 0) is 4.79 Å². The van der Waals surface area contributed by atoms with Gasteiger partial charge in [0, 0.05) is 16.9 Å². The molecule has 0 saturated heterocycles. The second-order valence-corrected chi connectivity index (χ2v) is 8.25. The van der Waals surface area contributed by atoms with Crippen LogP contribution in [-0.4, -0.2) is 25.3 Å². The van der Waals surface area contributed by atoms with Gasteiger partial charge in [-0.15, -0.1) is 0 Å². The maximum atomic E-state index is 12.2. The van der Waals surface area contributed by atoms with Crippen LogP contribution in [0.2, 0.25) is 5.02 Å². The van der Waals surface area contributed by atoms with Crippen LogP contribution >= 0.6 is 34.2 Å². The number of halogens is 2. The van der Waals surface area contributed by atoms with Gasteiger partial charge in [-0.2, -0.15) is 0 Å². The quantitative estimate of drug-likeness (QED) is 0.261. The molecule has 0 aromatic heterocycles. The smallest absolute Gasteiger partial charge is 0.262 e. The molecule has 0 fully saturated rings. The molecule has 0 unspecified atom stereocenters. The second-order valence-electron chi connectivity index (χ2n) is 6.65. The molecule has 7 heteroatoms. The van der Waals surface area contributed by atoms with Crippen LogP contribution in [0.25, 0.3) is 0 Å². The lowest BCUT2D eigenvalue weighted by Crippen LogP contribution is -2.20. The summed E-state index contributed by atoms with van der Waals surface area (Å²) in [4.78, 5) is 16.8. The maximum absolute atomic E-state index is 12.2. The normalized spacial score (nSPS) is 10.8. The summed E-state index contributed by atoms with van der Waals surface area (Å²) in [6.07, 6.45) is 1.76. The number of nitrogens with one attached hydrogen (secondary N) is 1. The van der Waals surface area contributed by atoms with Crippen LogP contribution in [0.4, 0.5) is 11.4 Å². The SMILES string of the molecule is CCOc1cc(C=Nc2cc(Cl)ccc2C)cc(I)c1OCC(=O)Nc1ccccc1. The number of ether oxygens (including phenoxy) is 2. The predicted octanol–water partition coefficient (Wildman–Crippen LogP) is 6.42. The van der Waals surface area contributed by atoms with E-state index in [0.717, 1.165) is 26.1 Å². The molecule has 0 heterocycles. The Bertz CT molecular complexity index is 1090. The Balaban J connectivity index is 1.76. The fraction of sp³-hybridized carbons (Fsp3) is 0.167. The molecule has 0 bridgehead atoms. The van der Waals surface area contributed by atoms with Gasteiger partial charge in [-0.3, -0.25) is 9.79 Å². The van der Waals surface area contributed by atoms with E-state index in [1.54, 1.807) is 6.21 Å². The minimum atomic E-state index is -0.244. The molecule has 1 N–H and O–H groups in total. The third-order valence-corrected chi connectivity index (χ3v) is 5.30. The Morgan fingerprint density at radius 1 is 1.13 bits per heavy atom. The third-order valence-electron chi connectivity index (χ3n) is 4.26. The Hall–Kier alpha value is -2.58. The minimum Gasteiger partial charge on any atom is -0.490 e. The molecular formula is C24H22ClIN2O3. The summed E-state index contributed by atoms with van der Waals surface area (Å²) in [5.74, 6) is 0.847. The number of amides is 1. The van der Waals surface area contributed by atoms with E-state index in [1.165, 1.54) is 0 Å². The summed E-state index contributed by atoms with van der Waals surface area (Å²) >= 11 is 8.25. The van der Waals surface area contributed by atoms with E-state index in [4.69, 9.17) is 21.1 Å². The zero-order valence-corrected chi connectivity index (χ0v) is 20.1. The molecule has 1 amide bonds. The summed E-state index contributed by atoms with van der Waals surface area (Å²) in [7, 11) is 0. The molecule has 0 saturated carbocycles. The minimum absolute atomic E-state index is 0.125. The zero-order chi connectivity index (χ0) is 22.2. The van der Waals surface area contributed by atoms with Crippen LogP contribution in [0.3, 0.4) is 0 Å². The average molecular weight is 549 g/mol. The Morgan fingerprint density at radius 3 is 2.65 bits per heavy atom. The lowest BCUT2D eigenvalue weighted by Gasteiger charge is -2.14. The molecule has 31 heavy (non-hydrogen) atoms. The summed E-state index contributed by atoms with van der Waals surface area (Å²) < 4.78 is 12.4. The molecule has 5 nitrogen and oxygen atoms in total. The van der Waals surface area contributed by atoms with Crippen molar-refractivity contribution in [1.82, 2.24) is 0 Å². The monoisotopic (exact) mass is 548 g/mol. The topological polar surface area (TPSA) is 59.9 Å². The highest BCUT2D eigenvalue weighted by atomic mass is 127. The summed E-state index contributed by atoms with van der Waals surface area (Å²) in [5.41, 5.74) is 3.41. The first kappa shape index (κ1) is 23.1. The highest BCUT2D eigenvalue weighted by Crippen LogP contribution is 2.34. The molecular weight excluding hydrogens is 527 g/mol. The molecule has 3 aromatic carbocycles. The number of carbonyl (C=O) groups is 1. The van der Waals surface area contributed by atoms with E-state index in [2.05, 4.69) is 32.9 Å². The van der Waals surface area contributed by atoms with E-state index in [0.29, 0.717) is 23.1 Å². The summed E-state index contributed by atoms with van der Waals surface area (Å²) in [5, 5.41) is 3.44. The van der Waals surface area contributed by atoms with Crippen molar-refractivity contribution in [3.8, 4) is 11.5 Å². The molecule has 0 radical (unpaired) electrons. The van der Waals surface area contributed by atoms with Crippen LogP contribution in [0.5, 0.6) is 11.5 Å². The molecule has 0 atom stereocenters. The fourth-order valence-electron chi connectivity index (χ4n) is 2.79. The van der Waals surface area contributed by atoms with Crippen LogP contribution in [0, 0.1) is 10.5 Å². The predicted molar refractivity (Wildman–Crippen MR) is 134 cm³/mol. The van der Waals surface area contributed by atoms with Gasteiger partial charge < -0.3 is 14.8 Å². The third kappa shape index (κ3) is 6.70. The van der Waals surface area contributed by atoms with E-state index in [9.17, 15) is 4.79 Å². The van der Waals surface area contributed by atoms with Crippen molar-refractivity contribution in [2.24, 2.45) is 4.99 Å². The lowest BCUT2D eigenvalue weighted by atomic mass is 10.2. The maximum Gasteiger partial charge on any atom is 0.262 e. The van der Waals surface area contributed by atoms with E-state index in [1.807, 2.05) is 74.5 Å². The molecule has 0 aliphatic carbocycles. The first-order valence-corrected chi connectivity index (χ1v) is 11.2. The number of aliphatic imine (C=N–C) groups is 1. The Labute approximate surface area is 200 Å². The number of nitrogens with zero attached hydrogens (tertiary/aromatic N) is 1. The highest BCUT2D eigenvalue weighted by molar-refractivity contribution is 14.1. The molecule has 160 valence electrons. The van der Waals surface area contributed by atoms with Crippen molar-refractivity contribution in [1.29, 1.82) is 0 Å². The summed E-state index contributed by atoms with van der Waals surface area (Å²) in [6.45, 7) is 4.22. The van der Waals surface area contributed by atoms with Gasteiger partial charge >= 0.3 is 0 Å². The van der Waals surface area contributed by atoms with Crippen molar-refractivity contribution in [2.45, 2.75) is 13.8 Å². The van der Waals surface area contributed by atoms with Gasteiger partial charge in [0.1, 0.15) is 0 Å². The van der Waals surface area contributed by atoms with Crippen LogP contribution in [0.15, 0.2) is 65.7 Å². The first-order valence-electron chi connectivity index (χ1n) is 9.70. The number of carbonyl (C=O) groups excluding carboxylic acids is 1. The van der Waals surface area contributed by atoms with E-state index >= 15 is 0 Å². The molecule has 3 aromatic rings. The number of rotatable bonds is 8. The largest absolute Gasteiger partial charge is 0.490 e. The van der Waals surface area contributed by atoms with Gasteiger partial charge in [-0.25, -0.2) is 0 Å². The fourth-order valence-corrected chi connectivity index (χ4v) is 3.73. The number of hydrogen-bond donors (Lipinski definition) is 1. The van der Waals surface area contributed by atoms with Crippen molar-refractivity contribution >= 4 is 57.7 Å². The van der Waals surface area contributed by atoms with Crippen LogP contribution in [0.1, 0.15) is 18.1 Å². The first-order chi connectivity index (χ1) is 15.0. The van der Waals surface area contributed by atoms with Gasteiger partial charge in [0.15, 0.2) is 18.1 Å². The number of hydrogen-bond acceptors (Lipinski definition) is 4. The number of para-hydroxylation sites is 1. The van der Waals surface area contributed by atoms with E-state index < -0.39 is 0 Å². The van der Waals surface area contributed by atoms with Crippen molar-refractivity contribution < 1.29 is 14.3 Å².